The molecule has 1 heterocycles. The minimum atomic E-state index is -0.441. The van der Waals surface area contributed by atoms with Gasteiger partial charge in [0.25, 0.3) is 11.6 Å². The van der Waals surface area contributed by atoms with E-state index in [4.69, 9.17) is 19.2 Å². The van der Waals surface area contributed by atoms with E-state index in [1.807, 2.05) is 66.7 Å². The van der Waals surface area contributed by atoms with Crippen molar-refractivity contribution in [1.82, 2.24) is 4.90 Å². The number of nitrogens with zero attached hydrogens (tertiary/aromatic N) is 3. The summed E-state index contributed by atoms with van der Waals surface area (Å²) in [5.41, 5.74) is 3.26. The van der Waals surface area contributed by atoms with Crippen LogP contribution in [0.5, 0.6) is 17.2 Å². The Bertz CT molecular complexity index is 1640. The fraction of sp³-hybridized carbons (Fsp3) is 0.125. The molecule has 5 rings (SSSR count). The summed E-state index contributed by atoms with van der Waals surface area (Å²) < 4.78 is 16.7. The maximum Gasteiger partial charge on any atom is 0.269 e. The Morgan fingerprint density at radius 2 is 1.60 bits per heavy atom. The molecule has 1 amide bonds. The molecule has 42 heavy (non-hydrogen) atoms. The second kappa shape index (κ2) is 13.0. The molecule has 9 nitrogen and oxygen atoms in total. The van der Waals surface area contributed by atoms with Crippen molar-refractivity contribution in [3.8, 4) is 17.2 Å². The Balaban J connectivity index is 1.37. The first-order chi connectivity index (χ1) is 20.4. The van der Waals surface area contributed by atoms with Gasteiger partial charge >= 0.3 is 0 Å². The average molecular weight is 582 g/mol. The lowest BCUT2D eigenvalue weighted by Crippen LogP contribution is -2.28. The van der Waals surface area contributed by atoms with E-state index in [9.17, 15) is 14.9 Å². The van der Waals surface area contributed by atoms with Crippen LogP contribution in [-0.4, -0.2) is 35.1 Å². The van der Waals surface area contributed by atoms with Gasteiger partial charge in [0.2, 0.25) is 0 Å². The standard InChI is InChI=1S/C32H27N3O6S/c1-39-27-15-10-22(11-16-27)20-34-31(36)30(42-32(34)33-25-6-4-3-5-7-25)19-24-12-17-28(29(18-24)40-2)41-21-23-8-13-26(14-9-23)35(37)38/h3-19H,20-21H2,1-2H3/b30-19-,33-32?. The molecule has 0 aromatic heterocycles. The highest BCUT2D eigenvalue weighted by atomic mass is 32.2. The molecule has 0 unspecified atom stereocenters. The van der Waals surface area contributed by atoms with Gasteiger partial charge in [-0.2, -0.15) is 0 Å². The second-order valence-electron chi connectivity index (χ2n) is 9.20. The predicted octanol–water partition coefficient (Wildman–Crippen LogP) is 7.00. The highest BCUT2D eigenvalue weighted by Gasteiger charge is 2.33. The number of nitro groups is 1. The van der Waals surface area contributed by atoms with E-state index in [0.29, 0.717) is 28.1 Å². The number of thioether (sulfide) groups is 1. The first-order valence-electron chi connectivity index (χ1n) is 13.0. The lowest BCUT2D eigenvalue weighted by Gasteiger charge is -2.16. The quantitative estimate of drug-likeness (QED) is 0.113. The molecule has 0 aliphatic carbocycles. The molecule has 0 spiro atoms. The van der Waals surface area contributed by atoms with Crippen molar-refractivity contribution in [3.63, 3.8) is 0 Å². The molecule has 212 valence electrons. The molecule has 0 atom stereocenters. The third kappa shape index (κ3) is 6.79. The Kier molecular flexibility index (Phi) is 8.84. The van der Waals surface area contributed by atoms with Crippen LogP contribution in [-0.2, 0) is 17.9 Å². The molecule has 1 fully saturated rings. The Labute approximate surface area is 247 Å². The number of carbonyl (C=O) groups excluding carboxylic acids is 1. The van der Waals surface area contributed by atoms with Crippen LogP contribution in [0, 0.1) is 10.1 Å². The number of para-hydroxylation sites is 1. The molecule has 0 radical (unpaired) electrons. The van der Waals surface area contributed by atoms with Crippen molar-refractivity contribution >= 4 is 40.3 Å². The van der Waals surface area contributed by atoms with E-state index in [1.165, 1.54) is 23.9 Å². The fourth-order valence-electron chi connectivity index (χ4n) is 4.18. The Morgan fingerprint density at radius 1 is 0.881 bits per heavy atom. The molecule has 0 saturated carbocycles. The SMILES string of the molecule is COc1ccc(CN2C(=O)/C(=C/c3ccc(OCc4ccc([N+](=O)[O-])cc4)c(OC)c3)SC2=Nc2ccccc2)cc1. The molecule has 10 heteroatoms. The maximum atomic E-state index is 13.6. The number of rotatable bonds is 10. The van der Waals surface area contributed by atoms with E-state index >= 15 is 0 Å². The first kappa shape index (κ1) is 28.4. The number of amidine groups is 1. The topological polar surface area (TPSA) is 104 Å². The van der Waals surface area contributed by atoms with E-state index in [-0.39, 0.29) is 18.2 Å². The van der Waals surface area contributed by atoms with E-state index in [0.717, 1.165) is 28.1 Å². The summed E-state index contributed by atoms with van der Waals surface area (Å²) >= 11 is 1.31. The number of nitro benzene ring substituents is 1. The predicted molar refractivity (Wildman–Crippen MR) is 163 cm³/mol. The Morgan fingerprint density at radius 3 is 2.26 bits per heavy atom. The summed E-state index contributed by atoms with van der Waals surface area (Å²) in [5.74, 6) is 1.60. The van der Waals surface area contributed by atoms with Gasteiger partial charge in [0, 0.05) is 12.1 Å². The zero-order chi connectivity index (χ0) is 29.5. The minimum absolute atomic E-state index is 0.0209. The van der Waals surface area contributed by atoms with Gasteiger partial charge in [0.1, 0.15) is 12.4 Å². The van der Waals surface area contributed by atoms with Crippen LogP contribution in [0.25, 0.3) is 6.08 Å². The molecule has 0 bridgehead atoms. The van der Waals surface area contributed by atoms with Gasteiger partial charge in [-0.05, 0) is 83.1 Å². The number of ether oxygens (including phenoxy) is 3. The molecule has 4 aromatic rings. The van der Waals surface area contributed by atoms with Crippen LogP contribution in [0.15, 0.2) is 107 Å². The molecular formula is C32H27N3O6S. The summed E-state index contributed by atoms with van der Waals surface area (Å²) in [5, 5.41) is 11.5. The highest BCUT2D eigenvalue weighted by molar-refractivity contribution is 8.18. The first-order valence-corrected chi connectivity index (χ1v) is 13.8. The molecule has 1 saturated heterocycles. The summed E-state index contributed by atoms with van der Waals surface area (Å²) in [4.78, 5) is 31.0. The van der Waals surface area contributed by atoms with Gasteiger partial charge in [0.05, 0.1) is 36.3 Å². The number of carbonyl (C=O) groups is 1. The number of aliphatic imine (C=N–C) groups is 1. The van der Waals surface area contributed by atoms with Gasteiger partial charge in [-0.15, -0.1) is 0 Å². The van der Waals surface area contributed by atoms with Crippen LogP contribution in [0.1, 0.15) is 16.7 Å². The summed E-state index contributed by atoms with van der Waals surface area (Å²) in [6, 6.07) is 28.7. The molecular weight excluding hydrogens is 554 g/mol. The van der Waals surface area contributed by atoms with Crippen molar-refractivity contribution in [2.24, 2.45) is 4.99 Å². The number of hydrogen-bond donors (Lipinski definition) is 0. The van der Waals surface area contributed by atoms with Gasteiger partial charge in [-0.3, -0.25) is 19.8 Å². The molecule has 1 aliphatic rings. The molecule has 1 aliphatic heterocycles. The monoisotopic (exact) mass is 581 g/mol. The summed E-state index contributed by atoms with van der Waals surface area (Å²) in [6.45, 7) is 0.570. The van der Waals surface area contributed by atoms with Crippen LogP contribution in [0.2, 0.25) is 0 Å². The highest BCUT2D eigenvalue weighted by Crippen LogP contribution is 2.37. The number of methoxy groups -OCH3 is 2. The third-order valence-electron chi connectivity index (χ3n) is 6.40. The number of non-ortho nitro benzene ring substituents is 1. The zero-order valence-corrected chi connectivity index (χ0v) is 23.7. The summed E-state index contributed by atoms with van der Waals surface area (Å²) in [7, 11) is 3.16. The lowest BCUT2D eigenvalue weighted by atomic mass is 10.1. The van der Waals surface area contributed by atoms with Crippen molar-refractivity contribution in [1.29, 1.82) is 0 Å². The lowest BCUT2D eigenvalue weighted by molar-refractivity contribution is -0.384. The summed E-state index contributed by atoms with van der Waals surface area (Å²) in [6.07, 6.45) is 1.81. The van der Waals surface area contributed by atoms with Crippen LogP contribution in [0.4, 0.5) is 11.4 Å². The number of benzene rings is 4. The second-order valence-corrected chi connectivity index (χ2v) is 10.2. The largest absolute Gasteiger partial charge is 0.497 e. The van der Waals surface area contributed by atoms with Crippen molar-refractivity contribution in [2.45, 2.75) is 13.2 Å². The molecule has 0 N–H and O–H groups in total. The van der Waals surface area contributed by atoms with Crippen molar-refractivity contribution < 1.29 is 23.9 Å². The van der Waals surface area contributed by atoms with E-state index in [2.05, 4.69) is 0 Å². The molecule has 4 aromatic carbocycles. The average Bonchev–Trinajstić information content (AvgIpc) is 3.30. The number of amides is 1. The van der Waals surface area contributed by atoms with Gasteiger partial charge in [0.15, 0.2) is 16.7 Å². The van der Waals surface area contributed by atoms with E-state index < -0.39 is 4.92 Å². The van der Waals surface area contributed by atoms with Gasteiger partial charge in [-0.1, -0.05) is 36.4 Å². The maximum absolute atomic E-state index is 13.6. The van der Waals surface area contributed by atoms with Crippen molar-refractivity contribution in [2.75, 3.05) is 14.2 Å². The minimum Gasteiger partial charge on any atom is -0.497 e. The fourth-order valence-corrected chi connectivity index (χ4v) is 5.17. The van der Waals surface area contributed by atoms with Gasteiger partial charge < -0.3 is 14.2 Å². The van der Waals surface area contributed by atoms with Crippen LogP contribution < -0.4 is 14.2 Å². The van der Waals surface area contributed by atoms with Crippen LogP contribution in [0.3, 0.4) is 0 Å². The zero-order valence-electron chi connectivity index (χ0n) is 22.9. The normalized spacial score (nSPS) is 14.8. The smallest absolute Gasteiger partial charge is 0.269 e. The Hall–Kier alpha value is -5.09. The van der Waals surface area contributed by atoms with E-state index in [1.54, 1.807) is 43.4 Å². The van der Waals surface area contributed by atoms with Crippen molar-refractivity contribution in [3.05, 3.63) is 129 Å². The number of hydrogen-bond acceptors (Lipinski definition) is 8. The van der Waals surface area contributed by atoms with Gasteiger partial charge in [-0.25, -0.2) is 4.99 Å². The van der Waals surface area contributed by atoms with Crippen LogP contribution >= 0.6 is 11.8 Å². The third-order valence-corrected chi connectivity index (χ3v) is 7.40.